The van der Waals surface area contributed by atoms with Crippen LogP contribution in [0.5, 0.6) is 0 Å². The molecule has 0 bridgehead atoms. The highest BCUT2D eigenvalue weighted by molar-refractivity contribution is 7.16. The lowest BCUT2D eigenvalue weighted by Gasteiger charge is -1.95. The Bertz CT molecular complexity index is 773. The van der Waals surface area contributed by atoms with E-state index < -0.39 is 4.92 Å². The van der Waals surface area contributed by atoms with E-state index in [4.69, 9.17) is 0 Å². The number of thiophene rings is 1. The third-order valence-electron chi connectivity index (χ3n) is 2.68. The van der Waals surface area contributed by atoms with E-state index in [0.29, 0.717) is 0 Å². The van der Waals surface area contributed by atoms with Crippen LogP contribution in [0.3, 0.4) is 0 Å². The average Bonchev–Trinajstić information content (AvgIpc) is 3.03. The number of fused-ring (bicyclic) bond motifs is 1. The van der Waals surface area contributed by atoms with Gasteiger partial charge in [-0.15, -0.1) is 0 Å². The Hall–Kier alpha value is -2.47. The molecule has 0 fully saturated rings. The van der Waals surface area contributed by atoms with Gasteiger partial charge in [-0.1, -0.05) is 29.5 Å². The molecule has 0 N–H and O–H groups in total. The number of nitro groups is 1. The fourth-order valence-corrected chi connectivity index (χ4v) is 2.49. The van der Waals surface area contributed by atoms with E-state index in [1.807, 2.05) is 36.5 Å². The van der Waals surface area contributed by atoms with Crippen LogP contribution in [0, 0.1) is 10.1 Å². The maximum Gasteiger partial charge on any atom is 0.324 e. The molecule has 6 heteroatoms. The number of hydrogen-bond acceptors (Lipinski definition) is 4. The maximum absolute atomic E-state index is 10.6. The third-order valence-corrected chi connectivity index (χ3v) is 3.65. The van der Waals surface area contributed by atoms with E-state index in [1.165, 1.54) is 6.07 Å². The second kappa shape index (κ2) is 4.66. The number of para-hydroxylation sites is 1. The van der Waals surface area contributed by atoms with Crippen molar-refractivity contribution in [3.05, 3.63) is 63.7 Å². The van der Waals surface area contributed by atoms with Crippen molar-refractivity contribution in [1.29, 1.82) is 0 Å². The smallest absolute Gasteiger partial charge is 0.258 e. The molecular weight excluding hydrogens is 262 g/mol. The van der Waals surface area contributed by atoms with Crippen LogP contribution >= 0.6 is 11.3 Å². The molecule has 0 radical (unpaired) electrons. The van der Waals surface area contributed by atoms with Gasteiger partial charge >= 0.3 is 5.00 Å². The molecular formula is C13H9N3O2S. The predicted molar refractivity (Wildman–Crippen MR) is 75.9 cm³/mol. The Morgan fingerprint density at radius 3 is 2.84 bits per heavy atom. The molecule has 3 aromatic rings. The second-order valence-corrected chi connectivity index (χ2v) is 4.99. The van der Waals surface area contributed by atoms with Gasteiger partial charge in [0.25, 0.3) is 0 Å². The van der Waals surface area contributed by atoms with Crippen LogP contribution in [0.4, 0.5) is 5.00 Å². The lowest BCUT2D eigenvalue weighted by atomic mass is 10.3. The zero-order chi connectivity index (χ0) is 13.2. The largest absolute Gasteiger partial charge is 0.324 e. The van der Waals surface area contributed by atoms with Gasteiger partial charge in [-0.2, -0.15) is 5.10 Å². The van der Waals surface area contributed by atoms with Crippen molar-refractivity contribution < 1.29 is 4.92 Å². The molecule has 94 valence electrons. The average molecular weight is 271 g/mol. The molecule has 19 heavy (non-hydrogen) atoms. The minimum atomic E-state index is -0.396. The molecule has 0 amide bonds. The van der Waals surface area contributed by atoms with Gasteiger partial charge in [0.2, 0.25) is 0 Å². The quantitative estimate of drug-likeness (QED) is 0.416. The molecule has 0 unspecified atom stereocenters. The minimum Gasteiger partial charge on any atom is -0.258 e. The summed E-state index contributed by atoms with van der Waals surface area (Å²) >= 11 is 1.11. The molecule has 0 aliphatic heterocycles. The number of hydrogen-bond donors (Lipinski definition) is 0. The molecule has 0 saturated carbocycles. The summed E-state index contributed by atoms with van der Waals surface area (Å²) in [4.78, 5) is 10.9. The van der Waals surface area contributed by atoms with Crippen molar-refractivity contribution in [2.75, 3.05) is 0 Å². The Balaban J connectivity index is 1.91. The van der Waals surface area contributed by atoms with Crippen LogP contribution in [-0.2, 0) is 0 Å². The summed E-state index contributed by atoms with van der Waals surface area (Å²) in [7, 11) is 0. The highest BCUT2D eigenvalue weighted by Gasteiger charge is 2.08. The van der Waals surface area contributed by atoms with Gasteiger partial charge in [-0.3, -0.25) is 10.1 Å². The van der Waals surface area contributed by atoms with Crippen molar-refractivity contribution in [2.45, 2.75) is 0 Å². The van der Waals surface area contributed by atoms with Crippen LogP contribution in [-0.4, -0.2) is 15.8 Å². The van der Waals surface area contributed by atoms with E-state index in [-0.39, 0.29) is 5.00 Å². The van der Waals surface area contributed by atoms with Crippen LogP contribution in [0.2, 0.25) is 0 Å². The molecule has 0 atom stereocenters. The SMILES string of the molecule is O=[N+]([O-])c1ccc(/C=N/n2ccc3ccccc32)s1. The molecule has 0 spiro atoms. The molecule has 3 rings (SSSR count). The fraction of sp³-hybridized carbons (Fsp3) is 0. The molecule has 0 aliphatic rings. The van der Waals surface area contributed by atoms with Gasteiger partial charge in [0.1, 0.15) is 0 Å². The van der Waals surface area contributed by atoms with Crippen molar-refractivity contribution in [3.8, 4) is 0 Å². The maximum atomic E-state index is 10.6. The number of rotatable bonds is 3. The van der Waals surface area contributed by atoms with Crippen LogP contribution in [0.25, 0.3) is 10.9 Å². The number of benzene rings is 1. The van der Waals surface area contributed by atoms with Gasteiger partial charge in [0, 0.05) is 17.6 Å². The van der Waals surface area contributed by atoms with E-state index >= 15 is 0 Å². The first-order valence-corrected chi connectivity index (χ1v) is 6.40. The Kier molecular flexibility index (Phi) is 2.85. The van der Waals surface area contributed by atoms with Crippen LogP contribution in [0.1, 0.15) is 4.88 Å². The molecule has 5 nitrogen and oxygen atoms in total. The van der Waals surface area contributed by atoms with Gasteiger partial charge < -0.3 is 0 Å². The molecule has 1 aromatic carbocycles. The molecule has 0 saturated heterocycles. The lowest BCUT2D eigenvalue weighted by Crippen LogP contribution is -1.86. The summed E-state index contributed by atoms with van der Waals surface area (Å²) in [6, 6.07) is 13.1. The van der Waals surface area contributed by atoms with Crippen molar-refractivity contribution >= 4 is 33.5 Å². The first-order valence-electron chi connectivity index (χ1n) is 5.59. The highest BCUT2D eigenvalue weighted by Crippen LogP contribution is 2.22. The number of nitrogens with zero attached hydrogens (tertiary/aromatic N) is 3. The molecule has 2 aromatic heterocycles. The topological polar surface area (TPSA) is 60.4 Å². The first-order chi connectivity index (χ1) is 9.24. The Morgan fingerprint density at radius 2 is 2.05 bits per heavy atom. The van der Waals surface area contributed by atoms with E-state index in [9.17, 15) is 10.1 Å². The summed E-state index contributed by atoms with van der Waals surface area (Å²) in [5.41, 5.74) is 1.00. The van der Waals surface area contributed by atoms with Crippen molar-refractivity contribution in [3.63, 3.8) is 0 Å². The van der Waals surface area contributed by atoms with E-state index in [0.717, 1.165) is 27.1 Å². The van der Waals surface area contributed by atoms with Crippen LogP contribution in [0.15, 0.2) is 53.8 Å². The zero-order valence-electron chi connectivity index (χ0n) is 9.76. The third kappa shape index (κ3) is 2.25. The van der Waals surface area contributed by atoms with Crippen molar-refractivity contribution in [1.82, 2.24) is 4.68 Å². The zero-order valence-corrected chi connectivity index (χ0v) is 10.6. The Labute approximate surface area is 112 Å². The predicted octanol–water partition coefficient (Wildman–Crippen LogP) is 3.49. The normalized spacial score (nSPS) is 11.4. The summed E-state index contributed by atoms with van der Waals surface area (Å²) in [6.45, 7) is 0. The number of aromatic nitrogens is 1. The monoisotopic (exact) mass is 271 g/mol. The summed E-state index contributed by atoms with van der Waals surface area (Å²) in [5, 5.41) is 16.1. The standard InChI is InChI=1S/C13H9N3O2S/c17-16(18)13-6-5-11(19-13)9-14-15-8-7-10-3-1-2-4-12(10)15/h1-9H/b14-9+. The summed E-state index contributed by atoms with van der Waals surface area (Å²) < 4.78 is 1.75. The van der Waals surface area contributed by atoms with Gasteiger partial charge in [0.15, 0.2) is 0 Å². The fourth-order valence-electron chi connectivity index (χ4n) is 1.80. The first kappa shape index (κ1) is 11.6. The highest BCUT2D eigenvalue weighted by atomic mass is 32.1. The van der Waals surface area contributed by atoms with Crippen molar-refractivity contribution in [2.24, 2.45) is 5.10 Å². The van der Waals surface area contributed by atoms with Gasteiger partial charge in [-0.05, 0) is 18.2 Å². The molecule has 0 aliphatic carbocycles. The summed E-state index contributed by atoms with van der Waals surface area (Å²) in [5.74, 6) is 0. The summed E-state index contributed by atoms with van der Waals surface area (Å²) in [6.07, 6.45) is 3.49. The molecule has 2 heterocycles. The van der Waals surface area contributed by atoms with E-state index in [2.05, 4.69) is 5.10 Å². The lowest BCUT2D eigenvalue weighted by molar-refractivity contribution is -0.380. The van der Waals surface area contributed by atoms with E-state index in [1.54, 1.807) is 17.0 Å². The van der Waals surface area contributed by atoms with Gasteiger partial charge in [0.05, 0.1) is 21.5 Å². The van der Waals surface area contributed by atoms with Crippen LogP contribution < -0.4 is 0 Å². The Morgan fingerprint density at radius 1 is 1.21 bits per heavy atom. The minimum absolute atomic E-state index is 0.124. The second-order valence-electron chi connectivity index (χ2n) is 3.90. The van der Waals surface area contributed by atoms with Gasteiger partial charge in [-0.25, -0.2) is 4.68 Å².